The van der Waals surface area contributed by atoms with Gasteiger partial charge in [-0.3, -0.25) is 25.2 Å². The van der Waals surface area contributed by atoms with Crippen molar-refractivity contribution in [2.75, 3.05) is 4.72 Å². The summed E-state index contributed by atoms with van der Waals surface area (Å²) < 4.78 is 27.5. The Kier molecular flexibility index (Phi) is 6.53. The van der Waals surface area contributed by atoms with Gasteiger partial charge in [0.25, 0.3) is 21.8 Å². The van der Waals surface area contributed by atoms with Crippen LogP contribution in [0.1, 0.15) is 46.0 Å². The number of hydrogen-bond acceptors (Lipinski definition) is 5. The maximum atomic E-state index is 12.6. The third-order valence-electron chi connectivity index (χ3n) is 4.31. The highest BCUT2D eigenvalue weighted by Crippen LogP contribution is 2.22. The number of benzene rings is 2. The highest BCUT2D eigenvalue weighted by atomic mass is 32.2. The van der Waals surface area contributed by atoms with Gasteiger partial charge in [-0.15, -0.1) is 11.3 Å². The Morgan fingerprint density at radius 1 is 0.867 bits per heavy atom. The molecule has 0 saturated carbocycles. The summed E-state index contributed by atoms with van der Waals surface area (Å²) in [4.78, 5) is 24.9. The van der Waals surface area contributed by atoms with Crippen molar-refractivity contribution in [2.24, 2.45) is 0 Å². The van der Waals surface area contributed by atoms with Crippen molar-refractivity contribution in [3.63, 3.8) is 0 Å². The Bertz CT molecular complexity index is 1140. The maximum Gasteiger partial charge on any atom is 0.271 e. The van der Waals surface area contributed by atoms with Crippen LogP contribution in [0.3, 0.4) is 0 Å². The van der Waals surface area contributed by atoms with Crippen LogP contribution < -0.4 is 15.6 Å². The first-order chi connectivity index (χ1) is 14.3. The molecule has 2 aromatic carbocycles. The Morgan fingerprint density at radius 3 is 2.17 bits per heavy atom. The van der Waals surface area contributed by atoms with Crippen LogP contribution in [-0.2, 0) is 10.0 Å². The molecule has 0 saturated heterocycles. The molecule has 2 amide bonds. The van der Waals surface area contributed by atoms with Crippen LogP contribution in [0, 0.1) is 0 Å². The van der Waals surface area contributed by atoms with Crippen molar-refractivity contribution in [2.45, 2.75) is 24.0 Å². The molecular weight excluding hydrogens is 422 g/mol. The Hall–Kier alpha value is -3.17. The number of anilines is 1. The molecule has 30 heavy (non-hydrogen) atoms. The standard InChI is InChI=1S/C21H21N3O4S2/c1-14(2)15-9-11-16(12-10-15)20(25)22-23-21(26)17-6-3-4-7-18(17)24-30(27,28)19-8-5-13-29-19/h3-14,24H,1-2H3,(H,22,25)(H,23,26). The normalized spacial score (nSPS) is 11.2. The van der Waals surface area contributed by atoms with Crippen LogP contribution in [0.2, 0.25) is 0 Å². The van der Waals surface area contributed by atoms with E-state index in [1.807, 2.05) is 12.1 Å². The summed E-state index contributed by atoms with van der Waals surface area (Å²) in [5, 5.41) is 1.65. The summed E-state index contributed by atoms with van der Waals surface area (Å²) in [6, 6.07) is 16.3. The molecule has 9 heteroatoms. The van der Waals surface area contributed by atoms with Gasteiger partial charge in [-0.1, -0.05) is 44.2 Å². The zero-order valence-corrected chi connectivity index (χ0v) is 18.0. The Labute approximate surface area is 179 Å². The minimum absolute atomic E-state index is 0.0769. The lowest BCUT2D eigenvalue weighted by molar-refractivity contribution is 0.0847. The molecule has 3 aromatic rings. The lowest BCUT2D eigenvalue weighted by Gasteiger charge is -2.13. The number of rotatable bonds is 6. The van der Waals surface area contributed by atoms with Gasteiger partial charge in [-0.2, -0.15) is 0 Å². The maximum absolute atomic E-state index is 12.6. The molecule has 1 heterocycles. The molecule has 0 radical (unpaired) electrons. The second kappa shape index (κ2) is 9.10. The molecular formula is C21H21N3O4S2. The van der Waals surface area contributed by atoms with Crippen LogP contribution in [0.4, 0.5) is 5.69 Å². The minimum Gasteiger partial charge on any atom is -0.278 e. The van der Waals surface area contributed by atoms with Crippen LogP contribution in [-0.4, -0.2) is 20.2 Å². The lowest BCUT2D eigenvalue weighted by Crippen LogP contribution is -2.41. The number of carbonyl (C=O) groups is 2. The van der Waals surface area contributed by atoms with Gasteiger partial charge < -0.3 is 0 Å². The van der Waals surface area contributed by atoms with Gasteiger partial charge in [0.15, 0.2) is 0 Å². The number of hydrazine groups is 1. The fourth-order valence-corrected chi connectivity index (χ4v) is 4.73. The highest BCUT2D eigenvalue weighted by molar-refractivity contribution is 7.94. The van der Waals surface area contributed by atoms with Crippen molar-refractivity contribution in [1.82, 2.24) is 10.9 Å². The minimum atomic E-state index is -3.81. The molecule has 0 bridgehead atoms. The summed E-state index contributed by atoms with van der Waals surface area (Å²) in [6.07, 6.45) is 0. The van der Waals surface area contributed by atoms with Crippen LogP contribution in [0.15, 0.2) is 70.3 Å². The number of carbonyl (C=O) groups excluding carboxylic acids is 2. The van der Waals surface area contributed by atoms with Crippen molar-refractivity contribution < 1.29 is 18.0 Å². The molecule has 0 aliphatic heterocycles. The predicted molar refractivity (Wildman–Crippen MR) is 117 cm³/mol. The number of hydrogen-bond donors (Lipinski definition) is 3. The van der Waals surface area contributed by atoms with E-state index in [0.717, 1.165) is 16.9 Å². The van der Waals surface area contributed by atoms with Gasteiger partial charge in [0, 0.05) is 5.56 Å². The SMILES string of the molecule is CC(C)c1ccc(C(=O)NNC(=O)c2ccccc2NS(=O)(=O)c2cccs2)cc1. The zero-order chi connectivity index (χ0) is 21.7. The molecule has 0 unspecified atom stereocenters. The summed E-state index contributed by atoms with van der Waals surface area (Å²) in [7, 11) is -3.81. The van der Waals surface area contributed by atoms with E-state index in [1.54, 1.807) is 35.7 Å². The van der Waals surface area contributed by atoms with Gasteiger partial charge in [-0.25, -0.2) is 8.42 Å². The average Bonchev–Trinajstić information content (AvgIpc) is 3.28. The fourth-order valence-electron chi connectivity index (χ4n) is 2.65. The van der Waals surface area contributed by atoms with E-state index in [1.165, 1.54) is 18.2 Å². The molecule has 1 aromatic heterocycles. The topological polar surface area (TPSA) is 104 Å². The van der Waals surface area contributed by atoms with Gasteiger partial charge in [0.2, 0.25) is 0 Å². The van der Waals surface area contributed by atoms with Gasteiger partial charge in [0.05, 0.1) is 11.3 Å². The van der Waals surface area contributed by atoms with Gasteiger partial charge >= 0.3 is 0 Å². The molecule has 7 nitrogen and oxygen atoms in total. The van der Waals surface area contributed by atoms with E-state index in [-0.39, 0.29) is 15.5 Å². The summed E-state index contributed by atoms with van der Waals surface area (Å²) in [6.45, 7) is 4.11. The first kappa shape index (κ1) is 21.5. The molecule has 0 spiro atoms. The first-order valence-electron chi connectivity index (χ1n) is 9.14. The summed E-state index contributed by atoms with van der Waals surface area (Å²) in [5.74, 6) is -0.779. The number of para-hydroxylation sites is 1. The smallest absolute Gasteiger partial charge is 0.271 e. The predicted octanol–water partition coefficient (Wildman–Crippen LogP) is 3.75. The van der Waals surface area contributed by atoms with E-state index in [4.69, 9.17) is 0 Å². The summed E-state index contributed by atoms with van der Waals surface area (Å²) >= 11 is 1.07. The fraction of sp³-hybridized carbons (Fsp3) is 0.143. The largest absolute Gasteiger partial charge is 0.278 e. The molecule has 0 fully saturated rings. The van der Waals surface area contributed by atoms with Crippen LogP contribution in [0.5, 0.6) is 0 Å². The lowest BCUT2D eigenvalue weighted by atomic mass is 10.0. The average molecular weight is 444 g/mol. The van der Waals surface area contributed by atoms with Crippen LogP contribution >= 0.6 is 11.3 Å². The third kappa shape index (κ3) is 5.05. The molecule has 0 aliphatic carbocycles. The number of thiophene rings is 1. The molecule has 3 rings (SSSR count). The van der Waals surface area contributed by atoms with E-state index in [9.17, 15) is 18.0 Å². The first-order valence-corrected chi connectivity index (χ1v) is 11.5. The van der Waals surface area contributed by atoms with Crippen molar-refractivity contribution >= 4 is 38.9 Å². The molecule has 0 aliphatic rings. The van der Waals surface area contributed by atoms with Gasteiger partial charge in [-0.05, 0) is 47.2 Å². The van der Waals surface area contributed by atoms with Crippen molar-refractivity contribution in [3.8, 4) is 0 Å². The molecule has 0 atom stereocenters. The van der Waals surface area contributed by atoms with Crippen LogP contribution in [0.25, 0.3) is 0 Å². The van der Waals surface area contributed by atoms with E-state index in [2.05, 4.69) is 29.4 Å². The molecule has 3 N–H and O–H groups in total. The van der Waals surface area contributed by atoms with E-state index >= 15 is 0 Å². The van der Waals surface area contributed by atoms with Crippen molar-refractivity contribution in [1.29, 1.82) is 0 Å². The van der Waals surface area contributed by atoms with E-state index < -0.39 is 21.8 Å². The highest BCUT2D eigenvalue weighted by Gasteiger charge is 2.19. The number of amides is 2. The second-order valence-electron chi connectivity index (χ2n) is 6.77. The zero-order valence-electron chi connectivity index (χ0n) is 16.4. The monoisotopic (exact) mass is 443 g/mol. The quantitative estimate of drug-likeness (QED) is 0.505. The second-order valence-corrected chi connectivity index (χ2v) is 9.63. The third-order valence-corrected chi connectivity index (χ3v) is 7.07. The van der Waals surface area contributed by atoms with Crippen molar-refractivity contribution in [3.05, 3.63) is 82.7 Å². The summed E-state index contributed by atoms with van der Waals surface area (Å²) in [5.41, 5.74) is 6.36. The number of sulfonamides is 1. The Balaban J connectivity index is 1.69. The number of nitrogens with one attached hydrogen (secondary N) is 3. The Morgan fingerprint density at radius 2 is 1.53 bits per heavy atom. The van der Waals surface area contributed by atoms with E-state index in [0.29, 0.717) is 11.5 Å². The van der Waals surface area contributed by atoms with Gasteiger partial charge in [0.1, 0.15) is 4.21 Å². The molecule has 156 valence electrons.